The van der Waals surface area contributed by atoms with Gasteiger partial charge in [-0.1, -0.05) is 78.9 Å². The molecule has 0 spiro atoms. The summed E-state index contributed by atoms with van der Waals surface area (Å²) in [7, 11) is 1.58. The zero-order valence-electron chi connectivity index (χ0n) is 21.5. The standard InChI is InChI=1S/C31H34N4O3/c1-35(28(29(33)36)19-21-8-3-2-4-9-21)31(38)27(34-30(37)26-13-7-10-23(17-26)20-32)18-22-14-15-24-11-5-6-12-25(24)16-22/h2-8,10-17,21,27-28H,9,18-20,32H2,1H3,(H2,33,36)(H,34,37)/t21?,27-,28?/m1/s1. The third-order valence-electron chi connectivity index (χ3n) is 7.02. The zero-order valence-corrected chi connectivity index (χ0v) is 21.5. The Balaban J connectivity index is 1.60. The number of nitrogens with zero attached hydrogens (tertiary/aromatic N) is 1. The van der Waals surface area contributed by atoms with Crippen LogP contribution in [0.5, 0.6) is 0 Å². The Labute approximate surface area is 223 Å². The third-order valence-corrected chi connectivity index (χ3v) is 7.02. The molecule has 3 amide bonds. The summed E-state index contributed by atoms with van der Waals surface area (Å²) >= 11 is 0. The average Bonchev–Trinajstić information content (AvgIpc) is 2.95. The average molecular weight is 511 g/mol. The quantitative estimate of drug-likeness (QED) is 0.387. The van der Waals surface area contributed by atoms with Gasteiger partial charge in [0.05, 0.1) is 0 Å². The molecule has 0 fully saturated rings. The van der Waals surface area contributed by atoms with Gasteiger partial charge in [0.1, 0.15) is 12.1 Å². The first kappa shape index (κ1) is 26.8. The van der Waals surface area contributed by atoms with Crippen LogP contribution in [0.4, 0.5) is 0 Å². The van der Waals surface area contributed by atoms with E-state index in [9.17, 15) is 14.4 Å². The van der Waals surface area contributed by atoms with Crippen molar-refractivity contribution in [1.82, 2.24) is 10.2 Å². The van der Waals surface area contributed by atoms with Gasteiger partial charge in [0.2, 0.25) is 11.8 Å². The van der Waals surface area contributed by atoms with Crippen LogP contribution in [0.2, 0.25) is 0 Å². The SMILES string of the molecule is CN(C(=O)[C@@H](Cc1ccc2ccccc2c1)NC(=O)c1cccc(CN)c1)C(CC1C=CC=CC1)C(N)=O. The molecule has 196 valence electrons. The van der Waals surface area contributed by atoms with Crippen LogP contribution in [0.25, 0.3) is 10.8 Å². The van der Waals surface area contributed by atoms with E-state index in [1.54, 1.807) is 25.2 Å². The lowest BCUT2D eigenvalue weighted by Crippen LogP contribution is -2.54. The normalized spacial score (nSPS) is 16.1. The Kier molecular flexibility index (Phi) is 8.71. The number of hydrogen-bond acceptors (Lipinski definition) is 4. The fourth-order valence-corrected chi connectivity index (χ4v) is 4.84. The van der Waals surface area contributed by atoms with Crippen LogP contribution in [0.15, 0.2) is 91.0 Å². The minimum absolute atomic E-state index is 0.0975. The zero-order chi connectivity index (χ0) is 27.1. The molecule has 3 aromatic carbocycles. The minimum atomic E-state index is -0.904. The molecule has 7 heteroatoms. The van der Waals surface area contributed by atoms with Gasteiger partial charge in [-0.3, -0.25) is 14.4 Å². The van der Waals surface area contributed by atoms with Gasteiger partial charge in [0, 0.05) is 25.6 Å². The lowest BCUT2D eigenvalue weighted by atomic mass is 9.92. The number of allylic oxidation sites excluding steroid dienone is 4. The van der Waals surface area contributed by atoms with Gasteiger partial charge in [0.15, 0.2) is 0 Å². The molecule has 0 saturated heterocycles. The van der Waals surface area contributed by atoms with E-state index in [0.717, 1.165) is 28.3 Å². The van der Waals surface area contributed by atoms with Crippen molar-refractivity contribution in [2.24, 2.45) is 17.4 Å². The predicted molar refractivity (Wildman–Crippen MR) is 150 cm³/mol. The van der Waals surface area contributed by atoms with Crippen molar-refractivity contribution >= 4 is 28.5 Å². The van der Waals surface area contributed by atoms with E-state index in [0.29, 0.717) is 18.5 Å². The molecule has 4 rings (SSSR count). The summed E-state index contributed by atoms with van der Waals surface area (Å²) < 4.78 is 0. The van der Waals surface area contributed by atoms with Crippen molar-refractivity contribution in [3.8, 4) is 0 Å². The van der Waals surface area contributed by atoms with Gasteiger partial charge in [-0.15, -0.1) is 0 Å². The highest BCUT2D eigenvalue weighted by Crippen LogP contribution is 2.22. The topological polar surface area (TPSA) is 119 Å². The van der Waals surface area contributed by atoms with Crippen LogP contribution in [0.1, 0.15) is 34.3 Å². The molecule has 3 atom stereocenters. The van der Waals surface area contributed by atoms with E-state index in [1.165, 1.54) is 4.90 Å². The molecular weight excluding hydrogens is 476 g/mol. The predicted octanol–water partition coefficient (Wildman–Crippen LogP) is 3.47. The number of hydrogen-bond donors (Lipinski definition) is 3. The minimum Gasteiger partial charge on any atom is -0.368 e. The number of likely N-dealkylation sites (N-methyl/N-ethyl adjacent to an activating group) is 1. The first-order chi connectivity index (χ1) is 18.4. The van der Waals surface area contributed by atoms with Gasteiger partial charge in [0.25, 0.3) is 5.91 Å². The number of nitrogens with two attached hydrogens (primary N) is 2. The number of rotatable bonds is 10. The summed E-state index contributed by atoms with van der Waals surface area (Å²) in [6, 6.07) is 19.2. The van der Waals surface area contributed by atoms with Gasteiger partial charge in [-0.05, 0) is 52.8 Å². The van der Waals surface area contributed by atoms with Crippen LogP contribution < -0.4 is 16.8 Å². The van der Waals surface area contributed by atoms with Crippen LogP contribution >= 0.6 is 0 Å². The molecular formula is C31H34N4O3. The highest BCUT2D eigenvalue weighted by molar-refractivity contribution is 5.98. The first-order valence-electron chi connectivity index (χ1n) is 12.8. The maximum absolute atomic E-state index is 13.8. The van der Waals surface area contributed by atoms with Crippen LogP contribution in [-0.2, 0) is 22.6 Å². The highest BCUT2D eigenvalue weighted by Gasteiger charge is 2.32. The Hall–Kier alpha value is -4.23. The molecule has 0 bridgehead atoms. The van der Waals surface area contributed by atoms with E-state index in [1.807, 2.05) is 72.8 Å². The van der Waals surface area contributed by atoms with E-state index in [-0.39, 0.29) is 24.2 Å². The molecule has 0 heterocycles. The molecule has 3 aromatic rings. The Bertz CT molecular complexity index is 1380. The van der Waals surface area contributed by atoms with Crippen molar-refractivity contribution in [1.29, 1.82) is 0 Å². The molecule has 5 N–H and O–H groups in total. The second-order valence-corrected chi connectivity index (χ2v) is 9.73. The number of fused-ring (bicyclic) bond motifs is 1. The fraction of sp³-hybridized carbons (Fsp3) is 0.258. The second-order valence-electron chi connectivity index (χ2n) is 9.73. The molecule has 0 radical (unpaired) electrons. The lowest BCUT2D eigenvalue weighted by molar-refractivity contribution is -0.139. The molecule has 0 aromatic heterocycles. The number of carbonyl (C=O) groups excluding carboxylic acids is 3. The Morgan fingerprint density at radius 2 is 1.76 bits per heavy atom. The van der Waals surface area contributed by atoms with Crippen LogP contribution in [0.3, 0.4) is 0 Å². The summed E-state index contributed by atoms with van der Waals surface area (Å²) in [6.45, 7) is 0.300. The number of carbonyl (C=O) groups is 3. The smallest absolute Gasteiger partial charge is 0.251 e. The number of primary amides is 1. The molecule has 2 unspecified atom stereocenters. The van der Waals surface area contributed by atoms with Gasteiger partial charge in [-0.2, -0.15) is 0 Å². The summed E-state index contributed by atoms with van der Waals surface area (Å²) in [5.41, 5.74) is 13.6. The summed E-state index contributed by atoms with van der Waals surface area (Å²) in [5, 5.41) is 5.04. The van der Waals surface area contributed by atoms with E-state index >= 15 is 0 Å². The van der Waals surface area contributed by atoms with E-state index in [2.05, 4.69) is 5.32 Å². The van der Waals surface area contributed by atoms with E-state index in [4.69, 9.17) is 11.5 Å². The maximum atomic E-state index is 13.8. The molecule has 1 aliphatic carbocycles. The van der Waals surface area contributed by atoms with E-state index < -0.39 is 18.0 Å². The lowest BCUT2D eigenvalue weighted by Gasteiger charge is -2.31. The molecule has 0 aliphatic heterocycles. The van der Waals surface area contributed by atoms with Gasteiger partial charge in [-0.25, -0.2) is 0 Å². The van der Waals surface area contributed by atoms with Crippen LogP contribution in [0, 0.1) is 5.92 Å². The van der Waals surface area contributed by atoms with Gasteiger partial charge >= 0.3 is 0 Å². The van der Waals surface area contributed by atoms with Crippen molar-refractivity contribution in [3.63, 3.8) is 0 Å². The molecule has 1 aliphatic rings. The summed E-state index contributed by atoms with van der Waals surface area (Å²) in [4.78, 5) is 40.9. The number of nitrogens with one attached hydrogen (secondary N) is 1. The monoisotopic (exact) mass is 510 g/mol. The van der Waals surface area contributed by atoms with Crippen molar-refractivity contribution in [2.75, 3.05) is 7.05 Å². The fourth-order valence-electron chi connectivity index (χ4n) is 4.84. The van der Waals surface area contributed by atoms with Crippen molar-refractivity contribution in [3.05, 3.63) is 108 Å². The maximum Gasteiger partial charge on any atom is 0.251 e. The molecule has 7 nitrogen and oxygen atoms in total. The van der Waals surface area contributed by atoms with Gasteiger partial charge < -0.3 is 21.7 Å². The van der Waals surface area contributed by atoms with Crippen molar-refractivity contribution < 1.29 is 14.4 Å². The first-order valence-corrected chi connectivity index (χ1v) is 12.8. The summed E-state index contributed by atoms with van der Waals surface area (Å²) in [6.07, 6.45) is 9.39. The Morgan fingerprint density at radius 3 is 2.47 bits per heavy atom. The summed E-state index contributed by atoms with van der Waals surface area (Å²) in [5.74, 6) is -1.24. The van der Waals surface area contributed by atoms with Crippen LogP contribution in [-0.4, -0.2) is 41.8 Å². The second kappa shape index (κ2) is 12.3. The van der Waals surface area contributed by atoms with Crippen molar-refractivity contribution in [2.45, 2.75) is 37.9 Å². The number of benzene rings is 3. The third kappa shape index (κ3) is 6.55. The largest absolute Gasteiger partial charge is 0.368 e. The Morgan fingerprint density at radius 1 is 0.974 bits per heavy atom. The number of amides is 3. The molecule has 38 heavy (non-hydrogen) atoms. The molecule has 0 saturated carbocycles. The highest BCUT2D eigenvalue weighted by atomic mass is 16.2.